The molecule has 0 saturated heterocycles. The summed E-state index contributed by atoms with van der Waals surface area (Å²) in [5.41, 5.74) is 1.90. The number of aliphatic hydroxyl groups is 1. The molecular weight excluding hydrogens is 293 g/mol. The van der Waals surface area contributed by atoms with Crippen LogP contribution in [0.3, 0.4) is 0 Å². The molecule has 0 bridgehead atoms. The zero-order valence-electron chi connectivity index (χ0n) is 12.7. The van der Waals surface area contributed by atoms with Crippen LogP contribution in [0.15, 0.2) is 59.9 Å². The van der Waals surface area contributed by atoms with E-state index in [1.54, 1.807) is 37.3 Å². The van der Waals surface area contributed by atoms with E-state index in [-0.39, 0.29) is 22.9 Å². The molecule has 0 saturated carbocycles. The minimum absolute atomic E-state index is 0.00156. The van der Waals surface area contributed by atoms with E-state index in [2.05, 4.69) is 0 Å². The van der Waals surface area contributed by atoms with Crippen LogP contribution >= 0.6 is 0 Å². The van der Waals surface area contributed by atoms with E-state index < -0.39 is 0 Å². The van der Waals surface area contributed by atoms with Crippen LogP contribution in [-0.2, 0) is 6.42 Å². The fraction of sp³-hybridized carbons (Fsp3) is 0.158. The number of ketones is 1. The monoisotopic (exact) mass is 309 g/mol. The molecule has 0 spiro atoms. The van der Waals surface area contributed by atoms with Crippen LogP contribution in [0.2, 0.25) is 0 Å². The lowest BCUT2D eigenvalue weighted by molar-refractivity contribution is 0.102. The predicted octanol–water partition coefficient (Wildman–Crippen LogP) is 4.34. The molecule has 0 unspecified atom stereocenters. The topological polar surface area (TPSA) is 61.1 Å². The van der Waals surface area contributed by atoms with Gasteiger partial charge in [-0.2, -0.15) is 5.26 Å². The Hall–Kier alpha value is -2.93. The number of rotatable bonds is 5. The average molecular weight is 309 g/mol. The van der Waals surface area contributed by atoms with Crippen molar-refractivity contribution in [3.63, 3.8) is 0 Å². The van der Waals surface area contributed by atoms with Crippen LogP contribution in [0.5, 0.6) is 0 Å². The van der Waals surface area contributed by atoms with Crippen LogP contribution in [-0.4, -0.2) is 10.9 Å². The lowest BCUT2D eigenvalue weighted by atomic mass is 9.99. The van der Waals surface area contributed by atoms with Gasteiger partial charge in [0.25, 0.3) is 0 Å². The third kappa shape index (κ3) is 4.27. The van der Waals surface area contributed by atoms with Crippen LogP contribution in [0.25, 0.3) is 0 Å². The number of nitriles is 1. The highest BCUT2D eigenvalue weighted by Crippen LogP contribution is 2.16. The quantitative estimate of drug-likeness (QED) is 0.507. The van der Waals surface area contributed by atoms with Crippen molar-refractivity contribution in [2.75, 3.05) is 0 Å². The van der Waals surface area contributed by atoms with Gasteiger partial charge in [-0.15, -0.1) is 0 Å². The molecule has 0 aliphatic rings. The number of nitrogens with zero attached hydrogens (tertiary/aromatic N) is 1. The normalized spacial score (nSPS) is 11.5. The standard InChI is InChI=1S/C19H16FNO2/c1-13(19(23)16-4-2-3-15(11-16)12-21)18(22)10-7-14-5-8-17(20)9-6-14/h2-6,8-9,11,22H,7,10H2,1H3/b18-13-. The summed E-state index contributed by atoms with van der Waals surface area (Å²) >= 11 is 0. The number of halogens is 1. The van der Waals surface area contributed by atoms with Crippen molar-refractivity contribution in [1.29, 1.82) is 5.26 Å². The summed E-state index contributed by atoms with van der Waals surface area (Å²) in [6, 6.07) is 14.4. The maximum atomic E-state index is 12.8. The molecule has 0 fully saturated rings. The highest BCUT2D eigenvalue weighted by atomic mass is 19.1. The first-order valence-corrected chi connectivity index (χ1v) is 7.19. The Labute approximate surface area is 134 Å². The first-order chi connectivity index (χ1) is 11.0. The van der Waals surface area contributed by atoms with Crippen LogP contribution in [0.4, 0.5) is 4.39 Å². The highest BCUT2D eigenvalue weighted by Gasteiger charge is 2.13. The second-order valence-electron chi connectivity index (χ2n) is 5.22. The summed E-state index contributed by atoms with van der Waals surface area (Å²) in [6.07, 6.45) is 0.802. The first kappa shape index (κ1) is 16.4. The summed E-state index contributed by atoms with van der Waals surface area (Å²) in [7, 11) is 0. The molecule has 0 radical (unpaired) electrons. The minimum Gasteiger partial charge on any atom is -0.512 e. The molecule has 1 N–H and O–H groups in total. The minimum atomic E-state index is -0.308. The molecule has 2 rings (SSSR count). The molecule has 0 heterocycles. The van der Waals surface area contributed by atoms with Gasteiger partial charge in [0.1, 0.15) is 5.82 Å². The number of hydrogen-bond acceptors (Lipinski definition) is 3. The van der Waals surface area contributed by atoms with Crippen molar-refractivity contribution in [2.24, 2.45) is 0 Å². The van der Waals surface area contributed by atoms with Gasteiger partial charge in [-0.3, -0.25) is 4.79 Å². The summed E-state index contributed by atoms with van der Waals surface area (Å²) in [5.74, 6) is -0.613. The third-order valence-electron chi connectivity index (χ3n) is 3.59. The summed E-state index contributed by atoms with van der Waals surface area (Å²) in [4.78, 5) is 12.3. The number of carbonyl (C=O) groups excluding carboxylic acids is 1. The molecule has 0 atom stereocenters. The van der Waals surface area contributed by atoms with E-state index in [4.69, 9.17) is 5.26 Å². The van der Waals surface area contributed by atoms with Crippen molar-refractivity contribution < 1.29 is 14.3 Å². The van der Waals surface area contributed by atoms with E-state index in [0.717, 1.165) is 5.56 Å². The fourth-order valence-electron chi connectivity index (χ4n) is 2.18. The maximum absolute atomic E-state index is 12.8. The van der Waals surface area contributed by atoms with Gasteiger partial charge < -0.3 is 5.11 Å². The SMILES string of the molecule is C/C(C(=O)c1cccc(C#N)c1)=C(/O)CCc1ccc(F)cc1. The van der Waals surface area contributed by atoms with Crippen molar-refractivity contribution in [3.8, 4) is 6.07 Å². The Morgan fingerprint density at radius 1 is 1.22 bits per heavy atom. The zero-order valence-corrected chi connectivity index (χ0v) is 12.7. The van der Waals surface area contributed by atoms with Crippen molar-refractivity contribution >= 4 is 5.78 Å². The van der Waals surface area contributed by atoms with Crippen LogP contribution in [0.1, 0.15) is 34.8 Å². The number of aliphatic hydroxyl groups excluding tert-OH is 1. The number of hydrogen-bond donors (Lipinski definition) is 1. The third-order valence-corrected chi connectivity index (χ3v) is 3.59. The van der Waals surface area contributed by atoms with Crippen molar-refractivity contribution in [2.45, 2.75) is 19.8 Å². The number of aryl methyl sites for hydroxylation is 1. The molecule has 0 aromatic heterocycles. The van der Waals surface area contributed by atoms with Gasteiger partial charge in [0.05, 0.1) is 17.4 Å². The number of allylic oxidation sites excluding steroid dienone is 2. The summed E-state index contributed by atoms with van der Waals surface area (Å²) in [6.45, 7) is 1.56. The van der Waals surface area contributed by atoms with Gasteiger partial charge in [0.2, 0.25) is 0 Å². The van der Waals surface area contributed by atoms with Gasteiger partial charge in [-0.05, 0) is 43.2 Å². The molecule has 2 aromatic rings. The molecule has 23 heavy (non-hydrogen) atoms. The highest BCUT2D eigenvalue weighted by molar-refractivity contribution is 6.08. The second-order valence-corrected chi connectivity index (χ2v) is 5.22. The van der Waals surface area contributed by atoms with E-state index in [9.17, 15) is 14.3 Å². The Morgan fingerprint density at radius 2 is 1.91 bits per heavy atom. The predicted molar refractivity (Wildman–Crippen MR) is 85.5 cm³/mol. The van der Waals surface area contributed by atoms with Gasteiger partial charge in [0, 0.05) is 17.6 Å². The summed E-state index contributed by atoms with van der Waals surface area (Å²) < 4.78 is 12.8. The Morgan fingerprint density at radius 3 is 2.57 bits per heavy atom. The molecule has 0 amide bonds. The lowest BCUT2D eigenvalue weighted by Gasteiger charge is -2.07. The maximum Gasteiger partial charge on any atom is 0.192 e. The van der Waals surface area contributed by atoms with Gasteiger partial charge in [0.15, 0.2) is 5.78 Å². The number of benzene rings is 2. The van der Waals surface area contributed by atoms with Crippen molar-refractivity contribution in [1.82, 2.24) is 0 Å². The van der Waals surface area contributed by atoms with Gasteiger partial charge in [-0.25, -0.2) is 4.39 Å². The van der Waals surface area contributed by atoms with Gasteiger partial charge in [-0.1, -0.05) is 24.3 Å². The van der Waals surface area contributed by atoms with Crippen LogP contribution < -0.4 is 0 Å². The largest absolute Gasteiger partial charge is 0.512 e. The smallest absolute Gasteiger partial charge is 0.192 e. The first-order valence-electron chi connectivity index (χ1n) is 7.19. The Kier molecular flexibility index (Phi) is 5.27. The molecule has 0 aliphatic heterocycles. The molecule has 4 heteroatoms. The van der Waals surface area contributed by atoms with E-state index in [1.165, 1.54) is 18.2 Å². The molecule has 3 nitrogen and oxygen atoms in total. The fourth-order valence-corrected chi connectivity index (χ4v) is 2.18. The molecule has 0 aliphatic carbocycles. The Bertz CT molecular complexity index is 786. The number of carbonyl (C=O) groups is 1. The van der Waals surface area contributed by atoms with E-state index in [1.807, 2.05) is 6.07 Å². The van der Waals surface area contributed by atoms with E-state index in [0.29, 0.717) is 24.0 Å². The van der Waals surface area contributed by atoms with Gasteiger partial charge >= 0.3 is 0 Å². The summed E-state index contributed by atoms with van der Waals surface area (Å²) in [5, 5.41) is 19.0. The molecule has 116 valence electrons. The Balaban J connectivity index is 2.11. The average Bonchev–Trinajstić information content (AvgIpc) is 2.59. The lowest BCUT2D eigenvalue weighted by Crippen LogP contribution is -2.05. The molecular formula is C19H16FNO2. The van der Waals surface area contributed by atoms with Crippen LogP contribution in [0, 0.1) is 17.1 Å². The zero-order chi connectivity index (χ0) is 16.8. The number of Topliss-reactive ketones (excluding diaryl/α,β-unsaturated/α-hetero) is 1. The second kappa shape index (κ2) is 7.37. The van der Waals surface area contributed by atoms with E-state index >= 15 is 0 Å². The molecule has 2 aromatic carbocycles. The van der Waals surface area contributed by atoms with Crippen molar-refractivity contribution in [3.05, 3.63) is 82.4 Å².